The molecule has 0 spiro atoms. The third-order valence-electron chi connectivity index (χ3n) is 13.5. The molecule has 0 saturated carbocycles. The number of aromatic nitrogens is 3. The number of rotatable bonds is 9. The number of hydrogen-bond donors (Lipinski definition) is 1. The molecular weight excluding hydrogens is 779 g/mol. The van der Waals surface area contributed by atoms with E-state index in [1.165, 1.54) is 5.56 Å². The van der Waals surface area contributed by atoms with Gasteiger partial charge in [0.15, 0.2) is 0 Å². The number of fused-ring (bicyclic) bond motifs is 1. The van der Waals surface area contributed by atoms with Crippen LogP contribution in [-0.4, -0.2) is 19.6 Å². The van der Waals surface area contributed by atoms with E-state index in [1.807, 2.05) is 50.2 Å². The zero-order chi connectivity index (χ0) is 50.2. The molecule has 6 aromatic carbocycles. The van der Waals surface area contributed by atoms with Crippen molar-refractivity contribution in [3.8, 4) is 67.5 Å². The molecule has 0 amide bonds. The minimum absolute atomic E-state index is 0.0381. The Bertz CT molecular complexity index is 3210. The van der Waals surface area contributed by atoms with Crippen molar-refractivity contribution in [3.05, 3.63) is 167 Å². The van der Waals surface area contributed by atoms with E-state index in [0.717, 1.165) is 66.9 Å². The molecule has 0 unspecified atom stereocenters. The van der Waals surface area contributed by atoms with Crippen molar-refractivity contribution in [2.75, 3.05) is 0 Å². The number of aryl methyl sites for hydroxylation is 1. The Balaban J connectivity index is 1.44. The predicted molar refractivity (Wildman–Crippen MR) is 272 cm³/mol. The Kier molecular flexibility index (Phi) is 9.97. The van der Waals surface area contributed by atoms with E-state index in [-0.39, 0.29) is 22.0 Å². The lowest BCUT2D eigenvalue weighted by molar-refractivity contribution is 0.225. The highest BCUT2D eigenvalue weighted by molar-refractivity contribution is 5.98. The molecule has 0 aliphatic rings. The molecule has 0 bridgehead atoms. The molecule has 0 radical (unpaired) electrons. The first-order chi connectivity index (χ1) is 32.0. The van der Waals surface area contributed by atoms with Crippen LogP contribution in [0, 0.1) is 12.3 Å². The Morgan fingerprint density at radius 2 is 1.31 bits per heavy atom. The average Bonchev–Trinajstić information content (AvgIpc) is 3.67. The highest BCUT2D eigenvalue weighted by Crippen LogP contribution is 2.47. The fraction of sp³-hybridized carbons (Fsp3) is 0.300. The predicted octanol–water partition coefficient (Wildman–Crippen LogP) is 16.6. The van der Waals surface area contributed by atoms with Gasteiger partial charge in [0, 0.05) is 29.7 Å². The van der Waals surface area contributed by atoms with Crippen LogP contribution in [0.25, 0.3) is 72.7 Å². The average molecular weight is 849 g/mol. The van der Waals surface area contributed by atoms with E-state index in [0.29, 0.717) is 28.1 Å². The molecule has 64 heavy (non-hydrogen) atoms. The molecule has 4 heteroatoms. The topological polar surface area (TPSA) is 50.9 Å². The summed E-state index contributed by atoms with van der Waals surface area (Å²) < 4.78 is 44.2. The van der Waals surface area contributed by atoms with E-state index in [1.54, 1.807) is 38.2 Å². The third kappa shape index (κ3) is 8.31. The second kappa shape index (κ2) is 16.7. The van der Waals surface area contributed by atoms with Crippen molar-refractivity contribution in [3.63, 3.8) is 0 Å². The van der Waals surface area contributed by atoms with Crippen LogP contribution in [-0.2, 0) is 10.8 Å². The van der Waals surface area contributed by atoms with Crippen LogP contribution < -0.4 is 0 Å². The van der Waals surface area contributed by atoms with Crippen molar-refractivity contribution in [1.29, 1.82) is 0 Å². The molecule has 0 fully saturated rings. The molecule has 0 aliphatic heterocycles. The molecule has 8 aromatic rings. The summed E-state index contributed by atoms with van der Waals surface area (Å²) in [7, 11) is 0. The molecule has 0 aliphatic carbocycles. The molecule has 8 rings (SSSR count). The van der Waals surface area contributed by atoms with Gasteiger partial charge in [-0.1, -0.05) is 174 Å². The van der Waals surface area contributed by atoms with Gasteiger partial charge in [0.25, 0.3) is 0 Å². The number of hydrogen-bond acceptors (Lipinski definition) is 3. The zero-order valence-electron chi connectivity index (χ0n) is 44.6. The van der Waals surface area contributed by atoms with E-state index < -0.39 is 18.6 Å². The number of pyridine rings is 1. The zero-order valence-corrected chi connectivity index (χ0v) is 39.6. The largest absolute Gasteiger partial charge is 0.507 e. The first kappa shape index (κ1) is 38.2. The Morgan fingerprint density at radius 1 is 0.594 bits per heavy atom. The molecule has 2 heterocycles. The SMILES string of the molecule is [2H]C([2H])([2H])c1ccc(-c2ccnc(-c3cc(-c4cccc5c4nc(-c4cc(C([2H])(C)C)cc(C([2H])(C)C)c4O)n5-c4ccc(C(C)(C)C(C)(C)C)cc4-c4ccccc4)cc(C(C)(C)C)c3)c2)cc1. The molecule has 1 N–H and O–H groups in total. The Morgan fingerprint density at radius 3 is 1.97 bits per heavy atom. The van der Waals surface area contributed by atoms with Crippen molar-refractivity contribution in [2.45, 2.75) is 113 Å². The Hall–Kier alpha value is -6.26. The minimum atomic E-state index is -2.19. The monoisotopic (exact) mass is 849 g/mol. The van der Waals surface area contributed by atoms with Crippen LogP contribution in [0.2, 0.25) is 0 Å². The van der Waals surface area contributed by atoms with Crippen LogP contribution in [0.4, 0.5) is 0 Å². The Labute approximate surface area is 389 Å². The van der Waals surface area contributed by atoms with Gasteiger partial charge in [0.1, 0.15) is 11.6 Å². The normalized spacial score (nSPS) is 14.2. The minimum Gasteiger partial charge on any atom is -0.507 e. The quantitative estimate of drug-likeness (QED) is 0.157. The van der Waals surface area contributed by atoms with Gasteiger partial charge in [0.2, 0.25) is 0 Å². The van der Waals surface area contributed by atoms with Gasteiger partial charge >= 0.3 is 0 Å². The summed E-state index contributed by atoms with van der Waals surface area (Å²) in [6.07, 6.45) is 1.80. The first-order valence-corrected chi connectivity index (χ1v) is 22.4. The van der Waals surface area contributed by atoms with Crippen LogP contribution in [0.3, 0.4) is 0 Å². The maximum atomic E-state index is 12.5. The fourth-order valence-electron chi connectivity index (χ4n) is 8.43. The van der Waals surface area contributed by atoms with Crippen LogP contribution in [0.5, 0.6) is 5.75 Å². The summed E-state index contributed by atoms with van der Waals surface area (Å²) in [6, 6.07) is 44.6. The van der Waals surface area contributed by atoms with E-state index in [9.17, 15) is 7.85 Å². The molecule has 326 valence electrons. The summed E-state index contributed by atoms with van der Waals surface area (Å²) in [5.41, 5.74) is 13.4. The second-order valence-corrected chi connectivity index (χ2v) is 20.4. The second-order valence-electron chi connectivity index (χ2n) is 20.4. The van der Waals surface area contributed by atoms with Crippen molar-refractivity contribution < 1.29 is 12.0 Å². The standard InChI is InChI=1S/C60H65N3O/c1-37(2)43-33-49(38(3)4)56(64)51(34-43)57-62-55-48(44-30-45(32-47(31-44)58(6,7)8)52-35-42(28-29-61-52)40-24-22-39(5)23-25-40)20-17-21-54(55)63(57)53-27-26-46(60(12,13)59(9,10)11)36-50(53)41-18-15-14-16-19-41/h14-38,64H,1-13H3/i5D3,37D,38D. The summed E-state index contributed by atoms with van der Waals surface area (Å²) >= 11 is 0. The van der Waals surface area contributed by atoms with Crippen molar-refractivity contribution in [1.82, 2.24) is 14.5 Å². The summed E-state index contributed by atoms with van der Waals surface area (Å²) in [4.78, 5) is 10.5. The summed E-state index contributed by atoms with van der Waals surface area (Å²) in [5.74, 6) is -1.77. The third-order valence-corrected chi connectivity index (χ3v) is 13.5. The maximum Gasteiger partial charge on any atom is 0.149 e. The molecule has 0 atom stereocenters. The number of imidazole rings is 1. The van der Waals surface area contributed by atoms with E-state index in [4.69, 9.17) is 14.1 Å². The van der Waals surface area contributed by atoms with Gasteiger partial charge in [-0.3, -0.25) is 9.55 Å². The van der Waals surface area contributed by atoms with Crippen molar-refractivity contribution >= 4 is 11.0 Å². The van der Waals surface area contributed by atoms with Gasteiger partial charge in [0.05, 0.1) is 28.0 Å². The van der Waals surface area contributed by atoms with Crippen molar-refractivity contribution in [2.24, 2.45) is 5.41 Å². The van der Waals surface area contributed by atoms with Crippen LogP contribution >= 0.6 is 0 Å². The van der Waals surface area contributed by atoms with Gasteiger partial charge in [-0.05, 0) is 128 Å². The van der Waals surface area contributed by atoms with Gasteiger partial charge in [-0.2, -0.15) is 0 Å². The van der Waals surface area contributed by atoms with E-state index in [2.05, 4.69) is 139 Å². The molecule has 4 nitrogen and oxygen atoms in total. The number of benzene rings is 6. The molecular formula is C60H65N3O. The van der Waals surface area contributed by atoms with Crippen LogP contribution in [0.15, 0.2) is 140 Å². The number of aromatic hydroxyl groups is 1. The lowest BCUT2D eigenvalue weighted by Gasteiger charge is -2.40. The van der Waals surface area contributed by atoms with Gasteiger partial charge < -0.3 is 5.11 Å². The highest BCUT2D eigenvalue weighted by Gasteiger charge is 2.35. The van der Waals surface area contributed by atoms with E-state index >= 15 is 0 Å². The maximum absolute atomic E-state index is 12.5. The number of nitrogens with zero attached hydrogens (tertiary/aromatic N) is 3. The first-order valence-electron chi connectivity index (χ1n) is 24.9. The number of para-hydroxylation sites is 1. The van der Waals surface area contributed by atoms with Crippen LogP contribution in [0.1, 0.15) is 130 Å². The summed E-state index contributed by atoms with van der Waals surface area (Å²) in [5, 5.41) is 12.5. The number of phenols is 1. The molecule has 0 saturated heterocycles. The number of phenolic OH excluding ortho intramolecular Hbond substituents is 1. The van der Waals surface area contributed by atoms with Gasteiger partial charge in [-0.15, -0.1) is 0 Å². The lowest BCUT2D eigenvalue weighted by Crippen LogP contribution is -2.34. The van der Waals surface area contributed by atoms with Gasteiger partial charge in [-0.25, -0.2) is 4.98 Å². The molecule has 2 aromatic heterocycles. The smallest absolute Gasteiger partial charge is 0.149 e. The summed E-state index contributed by atoms with van der Waals surface area (Å²) in [6.45, 7) is 23.0. The highest BCUT2D eigenvalue weighted by atomic mass is 16.3. The lowest BCUT2D eigenvalue weighted by atomic mass is 9.65. The fourth-order valence-corrected chi connectivity index (χ4v) is 8.43.